The predicted molar refractivity (Wildman–Crippen MR) is 58.5 cm³/mol. The molecular weight excluding hydrogens is 170 g/mol. The lowest BCUT2D eigenvalue weighted by molar-refractivity contribution is 1.08. The third-order valence-corrected chi connectivity index (χ3v) is 3.10. The fraction of sp³-hybridized carbons (Fsp3) is 0.308. The summed E-state index contributed by atoms with van der Waals surface area (Å²) in [6.45, 7) is 2.22. The number of hydrogen-bond acceptors (Lipinski definition) is 1. The lowest BCUT2D eigenvalue weighted by Crippen LogP contribution is -1.90. The van der Waals surface area contributed by atoms with Gasteiger partial charge in [-0.05, 0) is 42.9 Å². The van der Waals surface area contributed by atoms with Gasteiger partial charge in [-0.25, -0.2) is 0 Å². The molecule has 70 valence electrons. The molecule has 1 aliphatic carbocycles. The van der Waals surface area contributed by atoms with Gasteiger partial charge in [0.2, 0.25) is 0 Å². The molecule has 1 nitrogen and oxygen atoms in total. The molecule has 1 saturated carbocycles. The number of fused-ring (bicyclic) bond motifs is 1. The molecule has 1 heteroatoms. The minimum Gasteiger partial charge on any atom is -0.256 e. The SMILES string of the molecule is Cc1c(C2CC2)cnc2ccccc12. The molecule has 0 unspecified atom stereocenters. The van der Waals surface area contributed by atoms with Crippen LogP contribution in [0.5, 0.6) is 0 Å². The Balaban J connectivity index is 2.30. The van der Waals surface area contributed by atoms with Crippen LogP contribution in [0.3, 0.4) is 0 Å². The van der Waals surface area contributed by atoms with Crippen molar-refractivity contribution in [3.63, 3.8) is 0 Å². The lowest BCUT2D eigenvalue weighted by atomic mass is 10.0. The van der Waals surface area contributed by atoms with E-state index in [0.29, 0.717) is 0 Å². The molecule has 0 spiro atoms. The van der Waals surface area contributed by atoms with Gasteiger partial charge >= 0.3 is 0 Å². The fourth-order valence-corrected chi connectivity index (χ4v) is 2.10. The highest BCUT2D eigenvalue weighted by atomic mass is 14.7. The molecule has 2 aromatic rings. The van der Waals surface area contributed by atoms with Crippen LogP contribution in [0.15, 0.2) is 30.5 Å². The van der Waals surface area contributed by atoms with Crippen LogP contribution in [0.2, 0.25) is 0 Å². The lowest BCUT2D eigenvalue weighted by Gasteiger charge is -2.06. The molecule has 1 aromatic carbocycles. The van der Waals surface area contributed by atoms with E-state index < -0.39 is 0 Å². The van der Waals surface area contributed by atoms with Gasteiger partial charge in [0, 0.05) is 11.6 Å². The molecule has 0 atom stereocenters. The normalized spacial score (nSPS) is 16.1. The van der Waals surface area contributed by atoms with Crippen molar-refractivity contribution in [3.05, 3.63) is 41.6 Å². The topological polar surface area (TPSA) is 12.9 Å². The van der Waals surface area contributed by atoms with Gasteiger partial charge < -0.3 is 0 Å². The van der Waals surface area contributed by atoms with Gasteiger partial charge in [-0.3, -0.25) is 4.98 Å². The fourth-order valence-electron chi connectivity index (χ4n) is 2.10. The van der Waals surface area contributed by atoms with Crippen molar-refractivity contribution >= 4 is 10.9 Å². The molecule has 1 fully saturated rings. The van der Waals surface area contributed by atoms with Crippen molar-refractivity contribution in [2.24, 2.45) is 0 Å². The third-order valence-electron chi connectivity index (χ3n) is 3.10. The Morgan fingerprint density at radius 2 is 2.00 bits per heavy atom. The molecule has 0 N–H and O–H groups in total. The van der Waals surface area contributed by atoms with Crippen LogP contribution in [-0.2, 0) is 0 Å². The number of aromatic nitrogens is 1. The smallest absolute Gasteiger partial charge is 0.0704 e. The second kappa shape index (κ2) is 2.81. The van der Waals surface area contributed by atoms with Gasteiger partial charge in [0.25, 0.3) is 0 Å². The number of rotatable bonds is 1. The van der Waals surface area contributed by atoms with Gasteiger partial charge in [0.1, 0.15) is 0 Å². The summed E-state index contributed by atoms with van der Waals surface area (Å²) in [6, 6.07) is 8.39. The van der Waals surface area contributed by atoms with Crippen LogP contribution >= 0.6 is 0 Å². The highest BCUT2D eigenvalue weighted by Gasteiger charge is 2.25. The van der Waals surface area contributed by atoms with Crippen LogP contribution in [0.4, 0.5) is 0 Å². The van der Waals surface area contributed by atoms with E-state index in [1.54, 1.807) is 0 Å². The van der Waals surface area contributed by atoms with Gasteiger partial charge in [-0.2, -0.15) is 0 Å². The molecule has 14 heavy (non-hydrogen) atoms. The molecule has 0 saturated heterocycles. The monoisotopic (exact) mass is 183 g/mol. The maximum absolute atomic E-state index is 4.50. The van der Waals surface area contributed by atoms with Crippen molar-refractivity contribution < 1.29 is 0 Å². The van der Waals surface area contributed by atoms with Crippen molar-refractivity contribution in [2.45, 2.75) is 25.7 Å². The van der Waals surface area contributed by atoms with Gasteiger partial charge in [0.05, 0.1) is 5.52 Å². The maximum Gasteiger partial charge on any atom is 0.0704 e. The highest BCUT2D eigenvalue weighted by molar-refractivity contribution is 5.82. The second-order valence-corrected chi connectivity index (χ2v) is 4.13. The van der Waals surface area contributed by atoms with E-state index >= 15 is 0 Å². The Kier molecular flexibility index (Phi) is 1.60. The second-order valence-electron chi connectivity index (χ2n) is 4.13. The first-order valence-corrected chi connectivity index (χ1v) is 5.20. The van der Waals surface area contributed by atoms with Crippen LogP contribution in [0.1, 0.15) is 29.9 Å². The molecule has 1 heterocycles. The van der Waals surface area contributed by atoms with E-state index in [0.717, 1.165) is 11.4 Å². The number of aryl methyl sites for hydroxylation is 1. The van der Waals surface area contributed by atoms with Crippen LogP contribution in [-0.4, -0.2) is 4.98 Å². The van der Waals surface area contributed by atoms with Crippen molar-refractivity contribution in [2.75, 3.05) is 0 Å². The molecule has 1 aliphatic rings. The Morgan fingerprint density at radius 1 is 1.21 bits per heavy atom. The van der Waals surface area contributed by atoms with Crippen LogP contribution < -0.4 is 0 Å². The van der Waals surface area contributed by atoms with Crippen molar-refractivity contribution in [1.29, 1.82) is 0 Å². The van der Waals surface area contributed by atoms with Crippen LogP contribution in [0, 0.1) is 6.92 Å². The number of para-hydroxylation sites is 1. The number of hydrogen-bond donors (Lipinski definition) is 0. The summed E-state index contributed by atoms with van der Waals surface area (Å²) < 4.78 is 0. The van der Waals surface area contributed by atoms with E-state index in [1.165, 1.54) is 29.4 Å². The Labute approximate surface area is 83.8 Å². The number of pyridine rings is 1. The summed E-state index contributed by atoms with van der Waals surface area (Å²) in [5.41, 5.74) is 4.01. The zero-order valence-corrected chi connectivity index (χ0v) is 8.33. The quantitative estimate of drug-likeness (QED) is 0.660. The number of benzene rings is 1. The zero-order chi connectivity index (χ0) is 9.54. The van der Waals surface area contributed by atoms with Crippen molar-refractivity contribution in [3.8, 4) is 0 Å². The van der Waals surface area contributed by atoms with Crippen molar-refractivity contribution in [1.82, 2.24) is 4.98 Å². The van der Waals surface area contributed by atoms with E-state index in [4.69, 9.17) is 0 Å². The molecule has 3 rings (SSSR count). The minimum atomic E-state index is 0.798. The Morgan fingerprint density at radius 3 is 2.79 bits per heavy atom. The van der Waals surface area contributed by atoms with E-state index in [1.807, 2.05) is 6.07 Å². The molecule has 1 aromatic heterocycles. The standard InChI is InChI=1S/C13H13N/c1-9-11-4-2-3-5-13(11)14-8-12(9)10-6-7-10/h2-5,8,10H,6-7H2,1H3. The highest BCUT2D eigenvalue weighted by Crippen LogP contribution is 2.42. The summed E-state index contributed by atoms with van der Waals surface area (Å²) in [5.74, 6) is 0.798. The Bertz CT molecular complexity index is 484. The third kappa shape index (κ3) is 1.12. The molecule has 0 bridgehead atoms. The summed E-state index contributed by atoms with van der Waals surface area (Å²) in [4.78, 5) is 4.50. The first kappa shape index (κ1) is 7.98. The summed E-state index contributed by atoms with van der Waals surface area (Å²) >= 11 is 0. The zero-order valence-electron chi connectivity index (χ0n) is 8.33. The van der Waals surface area contributed by atoms with Gasteiger partial charge in [0.15, 0.2) is 0 Å². The summed E-state index contributed by atoms with van der Waals surface area (Å²) in [7, 11) is 0. The summed E-state index contributed by atoms with van der Waals surface area (Å²) in [6.07, 6.45) is 4.76. The maximum atomic E-state index is 4.50. The molecule has 0 amide bonds. The number of nitrogens with zero attached hydrogens (tertiary/aromatic N) is 1. The molecule has 0 aliphatic heterocycles. The van der Waals surface area contributed by atoms with E-state index in [-0.39, 0.29) is 0 Å². The van der Waals surface area contributed by atoms with E-state index in [9.17, 15) is 0 Å². The average Bonchev–Trinajstić information content (AvgIpc) is 3.03. The predicted octanol–water partition coefficient (Wildman–Crippen LogP) is 3.42. The minimum absolute atomic E-state index is 0.798. The molecule has 0 radical (unpaired) electrons. The van der Waals surface area contributed by atoms with Gasteiger partial charge in [-0.1, -0.05) is 18.2 Å². The van der Waals surface area contributed by atoms with Crippen LogP contribution in [0.25, 0.3) is 10.9 Å². The first-order valence-electron chi connectivity index (χ1n) is 5.20. The first-order chi connectivity index (χ1) is 6.86. The van der Waals surface area contributed by atoms with E-state index in [2.05, 4.69) is 36.3 Å². The average molecular weight is 183 g/mol. The van der Waals surface area contributed by atoms with Gasteiger partial charge in [-0.15, -0.1) is 0 Å². The largest absolute Gasteiger partial charge is 0.256 e. The molecular formula is C13H13N. The summed E-state index contributed by atoms with van der Waals surface area (Å²) in [5, 5.41) is 1.32. The Hall–Kier alpha value is -1.37.